The first-order valence-corrected chi connectivity index (χ1v) is 8.67. The van der Waals surface area contributed by atoms with Crippen LogP contribution in [0.15, 0.2) is 42.7 Å². The summed E-state index contributed by atoms with van der Waals surface area (Å²) in [7, 11) is 3.33. The normalized spacial score (nSPS) is 11.1. The molecule has 2 heterocycles. The van der Waals surface area contributed by atoms with Crippen LogP contribution in [0.3, 0.4) is 0 Å². The van der Waals surface area contributed by atoms with Gasteiger partial charge in [0.2, 0.25) is 0 Å². The summed E-state index contributed by atoms with van der Waals surface area (Å²) in [5.74, 6) is 0.143. The number of para-hydroxylation sites is 1. The number of aromatic hydroxyl groups is 2. The van der Waals surface area contributed by atoms with Crippen molar-refractivity contribution in [2.75, 3.05) is 14.1 Å². The van der Waals surface area contributed by atoms with E-state index in [-0.39, 0.29) is 17.5 Å². The lowest BCUT2D eigenvalue weighted by Gasteiger charge is -2.12. The molecule has 4 aromatic rings. The van der Waals surface area contributed by atoms with E-state index in [1.165, 1.54) is 27.9 Å². The highest BCUT2D eigenvalue weighted by Crippen LogP contribution is 2.33. The summed E-state index contributed by atoms with van der Waals surface area (Å²) in [6.45, 7) is 0. The van der Waals surface area contributed by atoms with E-state index >= 15 is 0 Å². The standard InChI is InChI=1S/C18H16N6O3S/c1-22(2)18(27)23-9-19-15-12(23)4-3-5-13(15)24-16(20-21-17(24)28)11-7-6-10(25)8-14(11)26/h3-9,25-26H,1-2H3,(H,21,28). The molecule has 0 radical (unpaired) electrons. The zero-order chi connectivity index (χ0) is 20.0. The Morgan fingerprint density at radius 2 is 2.00 bits per heavy atom. The Balaban J connectivity index is 1.97. The maximum Gasteiger partial charge on any atom is 0.329 e. The van der Waals surface area contributed by atoms with Crippen LogP contribution in [0.2, 0.25) is 0 Å². The van der Waals surface area contributed by atoms with Crippen molar-refractivity contribution in [3.8, 4) is 28.6 Å². The number of phenolic OH excluding ortho intramolecular Hbond substituents is 2. The number of benzene rings is 2. The molecule has 0 saturated carbocycles. The Labute approximate surface area is 164 Å². The fourth-order valence-corrected chi connectivity index (χ4v) is 3.21. The molecule has 0 aliphatic carbocycles. The van der Waals surface area contributed by atoms with Gasteiger partial charge >= 0.3 is 6.03 Å². The van der Waals surface area contributed by atoms with Crippen molar-refractivity contribution in [3.63, 3.8) is 0 Å². The van der Waals surface area contributed by atoms with Crippen molar-refractivity contribution in [3.05, 3.63) is 47.5 Å². The molecular weight excluding hydrogens is 380 g/mol. The zero-order valence-corrected chi connectivity index (χ0v) is 15.8. The second-order valence-corrected chi connectivity index (χ2v) is 6.71. The first-order valence-electron chi connectivity index (χ1n) is 8.26. The molecule has 0 saturated heterocycles. The monoisotopic (exact) mass is 396 g/mol. The van der Waals surface area contributed by atoms with Gasteiger partial charge in [-0.2, -0.15) is 5.10 Å². The molecule has 3 N–H and O–H groups in total. The molecule has 28 heavy (non-hydrogen) atoms. The van der Waals surface area contributed by atoms with E-state index < -0.39 is 0 Å². The topological polar surface area (TPSA) is 112 Å². The summed E-state index contributed by atoms with van der Waals surface area (Å²) >= 11 is 5.39. The Bertz CT molecular complexity index is 1270. The molecule has 2 aromatic carbocycles. The summed E-state index contributed by atoms with van der Waals surface area (Å²) in [4.78, 5) is 18.2. The molecule has 0 aliphatic rings. The van der Waals surface area contributed by atoms with Crippen molar-refractivity contribution in [2.45, 2.75) is 0 Å². The number of nitrogens with zero attached hydrogens (tertiary/aromatic N) is 5. The molecule has 0 unspecified atom stereocenters. The Kier molecular flexibility index (Phi) is 4.12. The molecular formula is C18H16N6O3S. The van der Waals surface area contributed by atoms with Gasteiger partial charge in [-0.1, -0.05) is 6.07 Å². The number of carbonyl (C=O) groups is 1. The number of imidazole rings is 1. The molecule has 10 heteroatoms. The Morgan fingerprint density at radius 3 is 2.71 bits per heavy atom. The number of H-pyrrole nitrogens is 1. The van der Waals surface area contributed by atoms with E-state index in [1.54, 1.807) is 42.9 Å². The number of aromatic nitrogens is 5. The lowest BCUT2D eigenvalue weighted by molar-refractivity contribution is 0.220. The molecule has 9 nitrogen and oxygen atoms in total. The second kappa shape index (κ2) is 6.50. The number of fused-ring (bicyclic) bond motifs is 1. The van der Waals surface area contributed by atoms with E-state index in [9.17, 15) is 15.0 Å². The third-order valence-electron chi connectivity index (χ3n) is 4.28. The number of hydrogen-bond donors (Lipinski definition) is 3. The summed E-state index contributed by atoms with van der Waals surface area (Å²) in [6, 6.07) is 9.35. The maximum absolute atomic E-state index is 12.4. The van der Waals surface area contributed by atoms with E-state index in [0.717, 1.165) is 0 Å². The van der Waals surface area contributed by atoms with Gasteiger partial charge in [-0.25, -0.2) is 9.78 Å². The fourth-order valence-electron chi connectivity index (χ4n) is 2.98. The third kappa shape index (κ3) is 2.70. The smallest absolute Gasteiger partial charge is 0.329 e. The summed E-state index contributed by atoms with van der Waals surface area (Å²) in [6.07, 6.45) is 1.46. The largest absolute Gasteiger partial charge is 0.508 e. The Hall–Kier alpha value is -3.66. The van der Waals surface area contributed by atoms with Gasteiger partial charge in [0.15, 0.2) is 10.6 Å². The van der Waals surface area contributed by atoms with Gasteiger partial charge in [0.1, 0.15) is 23.3 Å². The van der Waals surface area contributed by atoms with Crippen LogP contribution in [0.1, 0.15) is 0 Å². The van der Waals surface area contributed by atoms with Crippen LogP contribution < -0.4 is 0 Å². The average molecular weight is 396 g/mol. The maximum atomic E-state index is 12.4. The van der Waals surface area contributed by atoms with E-state index in [2.05, 4.69) is 15.2 Å². The highest BCUT2D eigenvalue weighted by molar-refractivity contribution is 7.71. The molecule has 0 bridgehead atoms. The lowest BCUT2D eigenvalue weighted by Crippen LogP contribution is -2.26. The van der Waals surface area contributed by atoms with Crippen LogP contribution in [0.25, 0.3) is 28.1 Å². The highest BCUT2D eigenvalue weighted by Gasteiger charge is 2.19. The number of hydrogen-bond acceptors (Lipinski definition) is 6. The van der Waals surface area contributed by atoms with Crippen molar-refractivity contribution in [2.24, 2.45) is 0 Å². The number of aromatic amines is 1. The lowest BCUT2D eigenvalue weighted by atomic mass is 10.1. The SMILES string of the molecule is CN(C)C(=O)n1cnc2c(-n3c(-c4ccc(O)cc4O)n[nH]c3=S)cccc21. The first-order chi connectivity index (χ1) is 13.4. The van der Waals surface area contributed by atoms with Gasteiger partial charge in [-0.3, -0.25) is 14.2 Å². The van der Waals surface area contributed by atoms with Gasteiger partial charge in [0.05, 0.1) is 16.8 Å². The molecule has 142 valence electrons. The van der Waals surface area contributed by atoms with Crippen LogP contribution >= 0.6 is 12.2 Å². The van der Waals surface area contributed by atoms with E-state index in [0.29, 0.717) is 32.9 Å². The number of rotatable bonds is 2. The molecule has 2 aromatic heterocycles. The number of nitrogens with one attached hydrogen (secondary N) is 1. The summed E-state index contributed by atoms with van der Waals surface area (Å²) < 4.78 is 3.37. The fraction of sp³-hybridized carbons (Fsp3) is 0.111. The van der Waals surface area contributed by atoms with Crippen molar-refractivity contribution in [1.29, 1.82) is 0 Å². The molecule has 0 spiro atoms. The minimum Gasteiger partial charge on any atom is -0.508 e. The first kappa shape index (κ1) is 17.7. The number of carbonyl (C=O) groups excluding carboxylic acids is 1. The van der Waals surface area contributed by atoms with Gasteiger partial charge in [-0.15, -0.1) is 0 Å². The predicted molar refractivity (Wildman–Crippen MR) is 105 cm³/mol. The summed E-state index contributed by atoms with van der Waals surface area (Å²) in [5.41, 5.74) is 2.14. The predicted octanol–water partition coefficient (Wildman–Crippen LogP) is 2.89. The Morgan fingerprint density at radius 1 is 1.21 bits per heavy atom. The van der Waals surface area contributed by atoms with Crippen LogP contribution in [-0.2, 0) is 0 Å². The van der Waals surface area contributed by atoms with Gasteiger partial charge in [-0.05, 0) is 36.5 Å². The molecule has 0 atom stereocenters. The van der Waals surface area contributed by atoms with Crippen LogP contribution in [0.4, 0.5) is 4.79 Å². The van der Waals surface area contributed by atoms with Crippen molar-refractivity contribution >= 4 is 29.3 Å². The van der Waals surface area contributed by atoms with Gasteiger partial charge in [0, 0.05) is 20.2 Å². The third-order valence-corrected chi connectivity index (χ3v) is 4.55. The highest BCUT2D eigenvalue weighted by atomic mass is 32.1. The number of phenols is 2. The van der Waals surface area contributed by atoms with Crippen LogP contribution in [0.5, 0.6) is 11.5 Å². The molecule has 0 fully saturated rings. The molecule has 0 aliphatic heterocycles. The molecule has 1 amide bonds. The van der Waals surface area contributed by atoms with Crippen LogP contribution in [0, 0.1) is 4.77 Å². The van der Waals surface area contributed by atoms with Crippen molar-refractivity contribution < 1.29 is 15.0 Å². The van der Waals surface area contributed by atoms with E-state index in [4.69, 9.17) is 12.2 Å². The minimum atomic E-state index is -0.230. The summed E-state index contributed by atoms with van der Waals surface area (Å²) in [5, 5.41) is 26.7. The van der Waals surface area contributed by atoms with Crippen LogP contribution in [-0.4, -0.2) is 59.6 Å². The van der Waals surface area contributed by atoms with Crippen molar-refractivity contribution in [1.82, 2.24) is 29.2 Å². The van der Waals surface area contributed by atoms with Gasteiger partial charge < -0.3 is 15.1 Å². The quantitative estimate of drug-likeness (QED) is 0.449. The minimum absolute atomic E-state index is 0.0648. The zero-order valence-electron chi connectivity index (χ0n) is 15.0. The second-order valence-electron chi connectivity index (χ2n) is 6.33. The van der Waals surface area contributed by atoms with E-state index in [1.807, 2.05) is 0 Å². The average Bonchev–Trinajstić information content (AvgIpc) is 3.24. The molecule has 4 rings (SSSR count). The van der Waals surface area contributed by atoms with Gasteiger partial charge in [0.25, 0.3) is 0 Å². The number of amides is 1.